The number of hydrogen-bond donors (Lipinski definition) is 0. The summed E-state index contributed by atoms with van der Waals surface area (Å²) in [6.45, 7) is 6.03. The summed E-state index contributed by atoms with van der Waals surface area (Å²) in [5, 5.41) is 0. The maximum Gasteiger partial charge on any atom is 0.336 e. The molecule has 1 saturated heterocycles. The molecule has 1 unspecified atom stereocenters. The third-order valence-corrected chi connectivity index (χ3v) is 6.07. The van der Waals surface area contributed by atoms with E-state index in [4.69, 9.17) is 17.0 Å². The molecule has 0 spiro atoms. The highest BCUT2D eigenvalue weighted by Gasteiger charge is 2.34. The monoisotopic (exact) mass is 437 g/mol. The Labute approximate surface area is 186 Å². The lowest BCUT2D eigenvalue weighted by molar-refractivity contribution is -0.129. The van der Waals surface area contributed by atoms with Gasteiger partial charge in [0.25, 0.3) is 5.91 Å². The van der Waals surface area contributed by atoms with Crippen LogP contribution in [-0.2, 0) is 9.59 Å². The molecule has 1 fully saturated rings. The summed E-state index contributed by atoms with van der Waals surface area (Å²) in [5.41, 5.74) is 2.94. The van der Waals surface area contributed by atoms with Gasteiger partial charge in [0.2, 0.25) is 0 Å². The van der Waals surface area contributed by atoms with Crippen LogP contribution in [-0.4, -0.2) is 27.1 Å². The van der Waals surface area contributed by atoms with E-state index in [0.717, 1.165) is 23.1 Å². The minimum Gasteiger partial charge on any atom is -0.423 e. The zero-order valence-corrected chi connectivity index (χ0v) is 18.8. The molecule has 4 nitrogen and oxygen atoms in total. The van der Waals surface area contributed by atoms with Gasteiger partial charge in [-0.1, -0.05) is 72.9 Å². The van der Waals surface area contributed by atoms with Gasteiger partial charge in [-0.25, -0.2) is 4.79 Å². The number of thioether (sulfide) groups is 1. The number of carbonyl (C=O) groups excluding carboxylic acids is 2. The molecule has 2 aromatic rings. The predicted octanol–water partition coefficient (Wildman–Crippen LogP) is 5.61. The average Bonchev–Trinajstić information content (AvgIpc) is 3.01. The van der Waals surface area contributed by atoms with Gasteiger partial charge in [-0.05, 0) is 55.7 Å². The van der Waals surface area contributed by atoms with Gasteiger partial charge in [0.05, 0.1) is 4.91 Å². The first kappa shape index (κ1) is 22.0. The van der Waals surface area contributed by atoms with E-state index in [-0.39, 0.29) is 11.9 Å². The summed E-state index contributed by atoms with van der Waals surface area (Å²) >= 11 is 6.67. The maximum atomic E-state index is 12.6. The molecule has 0 aliphatic carbocycles. The number of aryl methyl sites for hydroxylation is 1. The SMILES string of the molecule is CCC(C)N1C(=O)/C(=C/c2ccc(OC(=O)/C=C/c3ccc(C)cc3)cc2)SC1=S. The fraction of sp³-hybridized carbons (Fsp3) is 0.208. The highest BCUT2D eigenvalue weighted by atomic mass is 32.2. The second-order valence-corrected chi connectivity index (χ2v) is 8.72. The molecule has 154 valence electrons. The van der Waals surface area contributed by atoms with Gasteiger partial charge in [-0.3, -0.25) is 9.69 Å². The molecule has 0 N–H and O–H groups in total. The molecule has 1 aliphatic rings. The van der Waals surface area contributed by atoms with Crippen molar-refractivity contribution in [2.24, 2.45) is 0 Å². The normalized spacial score (nSPS) is 16.5. The van der Waals surface area contributed by atoms with Crippen LogP contribution in [0.1, 0.15) is 37.0 Å². The fourth-order valence-electron chi connectivity index (χ4n) is 2.82. The molecule has 0 radical (unpaired) electrons. The van der Waals surface area contributed by atoms with Crippen LogP contribution in [0.4, 0.5) is 0 Å². The molecule has 3 rings (SSSR count). The number of ether oxygens (including phenoxy) is 1. The zero-order chi connectivity index (χ0) is 21.7. The van der Waals surface area contributed by atoms with Crippen molar-refractivity contribution >= 4 is 52.3 Å². The Balaban J connectivity index is 1.63. The number of nitrogens with zero attached hydrogens (tertiary/aromatic N) is 1. The van der Waals surface area contributed by atoms with Gasteiger partial charge < -0.3 is 4.74 Å². The number of rotatable bonds is 6. The summed E-state index contributed by atoms with van der Waals surface area (Å²) in [7, 11) is 0. The summed E-state index contributed by atoms with van der Waals surface area (Å²) in [4.78, 5) is 26.9. The van der Waals surface area contributed by atoms with E-state index >= 15 is 0 Å². The van der Waals surface area contributed by atoms with Crippen molar-refractivity contribution in [2.75, 3.05) is 0 Å². The van der Waals surface area contributed by atoms with Crippen LogP contribution in [0.2, 0.25) is 0 Å². The minimum absolute atomic E-state index is 0.0592. The van der Waals surface area contributed by atoms with E-state index in [1.807, 2.05) is 63.2 Å². The third kappa shape index (κ3) is 5.46. The summed E-state index contributed by atoms with van der Waals surface area (Å²) in [5.74, 6) is -0.0632. The summed E-state index contributed by atoms with van der Waals surface area (Å²) in [6.07, 6.45) is 5.77. The molecule has 1 amide bonds. The molecular formula is C24H23NO3S2. The molecule has 6 heteroatoms. The Morgan fingerprint density at radius 2 is 1.77 bits per heavy atom. The van der Waals surface area contributed by atoms with Crippen molar-refractivity contribution in [1.82, 2.24) is 4.90 Å². The number of benzene rings is 2. The first-order chi connectivity index (χ1) is 14.4. The predicted molar refractivity (Wildman–Crippen MR) is 127 cm³/mol. The summed E-state index contributed by atoms with van der Waals surface area (Å²) < 4.78 is 5.93. The highest BCUT2D eigenvalue weighted by Crippen LogP contribution is 2.34. The van der Waals surface area contributed by atoms with Crippen molar-refractivity contribution in [3.63, 3.8) is 0 Å². The van der Waals surface area contributed by atoms with Gasteiger partial charge in [-0.15, -0.1) is 0 Å². The van der Waals surface area contributed by atoms with E-state index in [1.165, 1.54) is 17.8 Å². The molecule has 0 aromatic heterocycles. The van der Waals surface area contributed by atoms with Crippen LogP contribution in [0, 0.1) is 6.92 Å². The van der Waals surface area contributed by atoms with Gasteiger partial charge >= 0.3 is 5.97 Å². The topological polar surface area (TPSA) is 46.6 Å². The molecule has 1 atom stereocenters. The molecule has 0 saturated carbocycles. The van der Waals surface area contributed by atoms with Gasteiger partial charge in [0, 0.05) is 12.1 Å². The van der Waals surface area contributed by atoms with E-state index in [9.17, 15) is 9.59 Å². The maximum absolute atomic E-state index is 12.6. The van der Waals surface area contributed by atoms with Crippen molar-refractivity contribution in [2.45, 2.75) is 33.2 Å². The van der Waals surface area contributed by atoms with Gasteiger partial charge in [0.1, 0.15) is 10.1 Å². The van der Waals surface area contributed by atoms with Crippen LogP contribution < -0.4 is 4.74 Å². The Morgan fingerprint density at radius 3 is 2.40 bits per heavy atom. The summed E-state index contributed by atoms with van der Waals surface area (Å²) in [6, 6.07) is 15.0. The quantitative estimate of drug-likeness (QED) is 0.254. The highest BCUT2D eigenvalue weighted by molar-refractivity contribution is 8.26. The van der Waals surface area contributed by atoms with Crippen LogP contribution in [0.5, 0.6) is 5.75 Å². The third-order valence-electron chi connectivity index (χ3n) is 4.74. The number of thiocarbonyl (C=S) groups is 1. The van der Waals surface area contributed by atoms with Crippen molar-refractivity contribution in [3.8, 4) is 5.75 Å². The molecule has 30 heavy (non-hydrogen) atoms. The molecular weight excluding hydrogens is 414 g/mol. The van der Waals surface area contributed by atoms with Gasteiger partial charge in [0.15, 0.2) is 0 Å². The second-order valence-electron chi connectivity index (χ2n) is 7.04. The van der Waals surface area contributed by atoms with E-state index in [2.05, 4.69) is 0 Å². The Kier molecular flexibility index (Phi) is 7.24. The smallest absolute Gasteiger partial charge is 0.336 e. The number of carbonyl (C=O) groups is 2. The second kappa shape index (κ2) is 9.87. The van der Waals surface area contributed by atoms with Crippen molar-refractivity contribution < 1.29 is 14.3 Å². The zero-order valence-electron chi connectivity index (χ0n) is 17.1. The minimum atomic E-state index is -0.447. The molecule has 1 heterocycles. The van der Waals surface area contributed by atoms with Gasteiger partial charge in [-0.2, -0.15) is 0 Å². The Hall–Kier alpha value is -2.70. The number of hydrogen-bond acceptors (Lipinski definition) is 5. The van der Waals surface area contributed by atoms with E-state index in [1.54, 1.807) is 23.1 Å². The number of esters is 1. The lowest BCUT2D eigenvalue weighted by atomic mass is 10.1. The number of amides is 1. The molecule has 2 aromatic carbocycles. The first-order valence-electron chi connectivity index (χ1n) is 9.71. The Bertz CT molecular complexity index is 1010. The average molecular weight is 438 g/mol. The largest absolute Gasteiger partial charge is 0.423 e. The van der Waals surface area contributed by atoms with E-state index < -0.39 is 5.97 Å². The van der Waals surface area contributed by atoms with Crippen LogP contribution >= 0.6 is 24.0 Å². The molecule has 1 aliphatic heterocycles. The Morgan fingerprint density at radius 1 is 1.13 bits per heavy atom. The van der Waals surface area contributed by atoms with Crippen molar-refractivity contribution in [1.29, 1.82) is 0 Å². The fourth-order valence-corrected chi connectivity index (χ4v) is 4.28. The standard InChI is InChI=1S/C24H23NO3S2/c1-4-17(3)25-23(27)21(30-24(25)29)15-19-9-12-20(13-10-19)28-22(26)14-11-18-7-5-16(2)6-8-18/h5-15,17H,4H2,1-3H3/b14-11+,21-15-. The lowest BCUT2D eigenvalue weighted by Gasteiger charge is -2.21. The van der Waals surface area contributed by atoms with Crippen LogP contribution in [0.25, 0.3) is 12.2 Å². The van der Waals surface area contributed by atoms with Crippen LogP contribution in [0.3, 0.4) is 0 Å². The lowest BCUT2D eigenvalue weighted by Crippen LogP contribution is -2.36. The van der Waals surface area contributed by atoms with E-state index in [0.29, 0.717) is 15.0 Å². The van der Waals surface area contributed by atoms with Crippen molar-refractivity contribution in [3.05, 3.63) is 76.2 Å². The molecule has 0 bridgehead atoms. The van der Waals surface area contributed by atoms with Crippen LogP contribution in [0.15, 0.2) is 59.5 Å². The first-order valence-corrected chi connectivity index (χ1v) is 10.9.